The van der Waals surface area contributed by atoms with Crippen molar-refractivity contribution in [3.8, 4) is 0 Å². The first-order valence-electron chi connectivity index (χ1n) is 6.24. The van der Waals surface area contributed by atoms with E-state index in [4.69, 9.17) is 5.73 Å². The van der Waals surface area contributed by atoms with Gasteiger partial charge in [0.25, 0.3) is 0 Å². The number of halogens is 1. The smallest absolute Gasteiger partial charge is 0.195 e. The van der Waals surface area contributed by atoms with Crippen LogP contribution in [0.4, 0.5) is 5.69 Å². The van der Waals surface area contributed by atoms with Crippen LogP contribution >= 0.6 is 15.9 Å². The second kappa shape index (κ2) is 5.10. The molecule has 3 aromatic carbocycles. The van der Waals surface area contributed by atoms with Crippen LogP contribution in [-0.4, -0.2) is 5.78 Å². The van der Waals surface area contributed by atoms with Crippen LogP contribution in [0.1, 0.15) is 15.9 Å². The molecule has 0 aliphatic heterocycles. The predicted octanol–water partition coefficient (Wildman–Crippen LogP) is 4.42. The van der Waals surface area contributed by atoms with E-state index >= 15 is 0 Å². The van der Waals surface area contributed by atoms with Gasteiger partial charge in [-0.1, -0.05) is 58.4 Å². The molecule has 2 nitrogen and oxygen atoms in total. The molecular weight excluding hydrogens is 314 g/mol. The van der Waals surface area contributed by atoms with Crippen molar-refractivity contribution in [3.05, 3.63) is 76.3 Å². The SMILES string of the molecule is Nc1cc(Br)ccc1C(=O)c1cccc2ccccc12. The molecule has 0 aliphatic carbocycles. The molecule has 0 bridgehead atoms. The van der Waals surface area contributed by atoms with E-state index in [-0.39, 0.29) is 5.78 Å². The summed E-state index contributed by atoms with van der Waals surface area (Å²) in [5.41, 5.74) is 7.65. The van der Waals surface area contributed by atoms with E-state index in [1.165, 1.54) is 0 Å². The Labute approximate surface area is 125 Å². The zero-order valence-corrected chi connectivity index (χ0v) is 12.2. The third-order valence-corrected chi connectivity index (χ3v) is 3.79. The first kappa shape index (κ1) is 12.9. The Kier molecular flexibility index (Phi) is 3.28. The van der Waals surface area contributed by atoms with Crippen molar-refractivity contribution >= 4 is 38.2 Å². The predicted molar refractivity (Wildman–Crippen MR) is 85.9 cm³/mol. The molecule has 0 heterocycles. The fourth-order valence-electron chi connectivity index (χ4n) is 2.31. The van der Waals surface area contributed by atoms with E-state index in [1.807, 2.05) is 48.5 Å². The average Bonchev–Trinajstić information content (AvgIpc) is 2.46. The van der Waals surface area contributed by atoms with Crippen LogP contribution in [-0.2, 0) is 0 Å². The molecule has 0 aliphatic rings. The van der Waals surface area contributed by atoms with Crippen molar-refractivity contribution in [2.75, 3.05) is 5.73 Å². The molecule has 0 radical (unpaired) electrons. The Morgan fingerprint density at radius 3 is 2.45 bits per heavy atom. The number of benzene rings is 3. The standard InChI is InChI=1S/C17H12BrNO/c18-12-8-9-15(16(19)10-12)17(20)14-7-3-5-11-4-1-2-6-13(11)14/h1-10H,19H2. The minimum absolute atomic E-state index is 0.0493. The molecule has 3 aromatic rings. The lowest BCUT2D eigenvalue weighted by atomic mass is 9.96. The lowest BCUT2D eigenvalue weighted by Gasteiger charge is -2.08. The van der Waals surface area contributed by atoms with Crippen LogP contribution in [0.2, 0.25) is 0 Å². The monoisotopic (exact) mass is 325 g/mol. The van der Waals surface area contributed by atoms with Gasteiger partial charge in [0.2, 0.25) is 0 Å². The minimum atomic E-state index is -0.0493. The number of rotatable bonds is 2. The fourth-order valence-corrected chi connectivity index (χ4v) is 2.69. The molecular formula is C17H12BrNO. The van der Waals surface area contributed by atoms with Crippen molar-refractivity contribution in [1.29, 1.82) is 0 Å². The quantitative estimate of drug-likeness (QED) is 0.560. The average molecular weight is 326 g/mol. The maximum absolute atomic E-state index is 12.7. The summed E-state index contributed by atoms with van der Waals surface area (Å²) in [5.74, 6) is -0.0493. The molecule has 2 N–H and O–H groups in total. The van der Waals surface area contributed by atoms with Crippen LogP contribution in [0, 0.1) is 0 Å². The zero-order chi connectivity index (χ0) is 14.1. The number of fused-ring (bicyclic) bond motifs is 1. The van der Waals surface area contributed by atoms with Gasteiger partial charge in [0, 0.05) is 21.3 Å². The highest BCUT2D eigenvalue weighted by Gasteiger charge is 2.14. The molecule has 20 heavy (non-hydrogen) atoms. The normalized spacial score (nSPS) is 10.7. The van der Waals surface area contributed by atoms with E-state index in [2.05, 4.69) is 15.9 Å². The highest BCUT2D eigenvalue weighted by atomic mass is 79.9. The summed E-state index contributed by atoms with van der Waals surface area (Å²) in [6.07, 6.45) is 0. The van der Waals surface area contributed by atoms with Gasteiger partial charge in [-0.2, -0.15) is 0 Å². The van der Waals surface area contributed by atoms with E-state index in [9.17, 15) is 4.79 Å². The molecule has 0 fully saturated rings. The lowest BCUT2D eigenvalue weighted by Crippen LogP contribution is -2.05. The summed E-state index contributed by atoms with van der Waals surface area (Å²) in [6.45, 7) is 0. The molecule has 98 valence electrons. The van der Waals surface area contributed by atoms with Crippen molar-refractivity contribution < 1.29 is 4.79 Å². The topological polar surface area (TPSA) is 43.1 Å². The van der Waals surface area contributed by atoms with Crippen molar-refractivity contribution in [3.63, 3.8) is 0 Å². The number of nitrogen functional groups attached to an aromatic ring is 1. The largest absolute Gasteiger partial charge is 0.398 e. The van der Waals surface area contributed by atoms with Crippen LogP contribution in [0.3, 0.4) is 0 Å². The number of hydrogen-bond acceptors (Lipinski definition) is 2. The molecule has 3 heteroatoms. The number of carbonyl (C=O) groups excluding carboxylic acids is 1. The number of nitrogens with two attached hydrogens (primary N) is 1. The summed E-state index contributed by atoms with van der Waals surface area (Å²) < 4.78 is 0.865. The van der Waals surface area contributed by atoms with Gasteiger partial charge in [0.1, 0.15) is 0 Å². The first-order valence-corrected chi connectivity index (χ1v) is 7.03. The summed E-state index contributed by atoms with van der Waals surface area (Å²) in [6, 6.07) is 18.9. The van der Waals surface area contributed by atoms with Gasteiger partial charge < -0.3 is 5.73 Å². The van der Waals surface area contributed by atoms with Crippen molar-refractivity contribution in [2.24, 2.45) is 0 Å². The fraction of sp³-hybridized carbons (Fsp3) is 0. The number of ketones is 1. The first-order chi connectivity index (χ1) is 9.66. The summed E-state index contributed by atoms with van der Waals surface area (Å²) >= 11 is 3.35. The van der Waals surface area contributed by atoms with Crippen molar-refractivity contribution in [2.45, 2.75) is 0 Å². The van der Waals surface area contributed by atoms with E-state index < -0.39 is 0 Å². The van der Waals surface area contributed by atoms with E-state index in [0.29, 0.717) is 16.8 Å². The van der Waals surface area contributed by atoms with Gasteiger partial charge in [-0.3, -0.25) is 4.79 Å². The second-order valence-electron chi connectivity index (χ2n) is 4.59. The van der Waals surface area contributed by atoms with Crippen LogP contribution in [0.25, 0.3) is 10.8 Å². The minimum Gasteiger partial charge on any atom is -0.398 e. The molecule has 0 aromatic heterocycles. The molecule has 3 rings (SSSR count). The number of anilines is 1. The van der Waals surface area contributed by atoms with Crippen LogP contribution in [0.5, 0.6) is 0 Å². The Hall–Kier alpha value is -2.13. The van der Waals surface area contributed by atoms with Crippen molar-refractivity contribution in [1.82, 2.24) is 0 Å². The van der Waals surface area contributed by atoms with Gasteiger partial charge in [-0.15, -0.1) is 0 Å². The lowest BCUT2D eigenvalue weighted by molar-refractivity contribution is 0.104. The van der Waals surface area contributed by atoms with Crippen LogP contribution < -0.4 is 5.73 Å². The Balaban J connectivity index is 2.18. The van der Waals surface area contributed by atoms with Gasteiger partial charge in [-0.05, 0) is 29.0 Å². The molecule has 0 unspecified atom stereocenters. The number of hydrogen-bond donors (Lipinski definition) is 1. The third kappa shape index (κ3) is 2.21. The summed E-state index contributed by atoms with van der Waals surface area (Å²) in [4.78, 5) is 12.7. The number of carbonyl (C=O) groups is 1. The maximum Gasteiger partial charge on any atom is 0.195 e. The van der Waals surface area contributed by atoms with Crippen LogP contribution in [0.15, 0.2) is 65.1 Å². The maximum atomic E-state index is 12.7. The zero-order valence-electron chi connectivity index (χ0n) is 10.6. The van der Waals surface area contributed by atoms with E-state index in [1.54, 1.807) is 12.1 Å². The molecule has 0 atom stereocenters. The summed E-state index contributed by atoms with van der Waals surface area (Å²) in [7, 11) is 0. The molecule has 0 spiro atoms. The highest BCUT2D eigenvalue weighted by Crippen LogP contribution is 2.25. The Bertz CT molecular complexity index is 806. The van der Waals surface area contributed by atoms with E-state index in [0.717, 1.165) is 15.2 Å². The van der Waals surface area contributed by atoms with Gasteiger partial charge >= 0.3 is 0 Å². The molecule has 0 saturated heterocycles. The molecule has 0 amide bonds. The Morgan fingerprint density at radius 1 is 0.900 bits per heavy atom. The second-order valence-corrected chi connectivity index (χ2v) is 5.50. The molecule has 0 saturated carbocycles. The third-order valence-electron chi connectivity index (χ3n) is 3.29. The van der Waals surface area contributed by atoms with Gasteiger partial charge in [0.15, 0.2) is 5.78 Å². The van der Waals surface area contributed by atoms with Gasteiger partial charge in [-0.25, -0.2) is 0 Å². The van der Waals surface area contributed by atoms with Gasteiger partial charge in [0.05, 0.1) is 0 Å². The summed E-state index contributed by atoms with van der Waals surface area (Å²) in [5, 5.41) is 2.00. The highest BCUT2D eigenvalue weighted by molar-refractivity contribution is 9.10. The Morgan fingerprint density at radius 2 is 1.65 bits per heavy atom.